The summed E-state index contributed by atoms with van der Waals surface area (Å²) in [6.07, 6.45) is 0. The maximum Gasteiger partial charge on any atom is 0.145 e. The average Bonchev–Trinajstić information content (AvgIpc) is 3.71. The molecule has 0 aliphatic carbocycles. The van der Waals surface area contributed by atoms with Crippen LogP contribution in [0.1, 0.15) is 13.7 Å². The molecule has 10 aromatic rings. The maximum atomic E-state index is 8.91. The van der Waals surface area contributed by atoms with Gasteiger partial charge in [-0.3, -0.25) is 4.57 Å². The van der Waals surface area contributed by atoms with E-state index >= 15 is 0 Å². The third kappa shape index (κ3) is 5.40. The van der Waals surface area contributed by atoms with Gasteiger partial charge in [-0.15, -0.1) is 0 Å². The molecule has 0 fully saturated rings. The lowest BCUT2D eigenvalue weighted by Gasteiger charge is -2.19. The molecular weight excluding hydrogens is 641 g/mol. The first kappa shape index (κ1) is 22.0. The number of rotatable bonds is 6. The normalized spacial score (nSPS) is 14.0. The van der Waals surface area contributed by atoms with Gasteiger partial charge in [0.15, 0.2) is 0 Å². The van der Waals surface area contributed by atoms with Crippen LogP contribution in [0.15, 0.2) is 206 Å². The van der Waals surface area contributed by atoms with Gasteiger partial charge in [-0.1, -0.05) is 164 Å². The molecule has 2 heteroatoms. The van der Waals surface area contributed by atoms with Crippen molar-refractivity contribution in [1.29, 1.82) is 0 Å². The highest BCUT2D eigenvalue weighted by atomic mass is 15.1. The Morgan fingerprint density at radius 1 is 0.377 bits per heavy atom. The zero-order valence-electron chi connectivity index (χ0n) is 38.3. The molecule has 0 N–H and O–H groups in total. The minimum absolute atomic E-state index is 0.0668. The second kappa shape index (κ2) is 12.9. The van der Waals surface area contributed by atoms with Gasteiger partial charge in [-0.05, 0) is 109 Å². The van der Waals surface area contributed by atoms with Gasteiger partial charge in [0, 0.05) is 11.3 Å². The van der Waals surface area contributed by atoms with Crippen LogP contribution in [0.5, 0.6) is 0 Å². The highest BCUT2D eigenvalue weighted by molar-refractivity contribution is 6.21. The molecule has 0 aliphatic rings. The largest absolute Gasteiger partial charge is 0.292 e. The first-order chi connectivity index (χ1) is 30.4. The molecule has 0 saturated heterocycles. The number of hydrogen-bond acceptors (Lipinski definition) is 1. The fourth-order valence-corrected chi connectivity index (χ4v) is 7.45. The zero-order valence-corrected chi connectivity index (χ0v) is 28.3. The molecule has 1 aromatic heterocycles. The number of fused-ring (bicyclic) bond motifs is 3. The molecule has 9 aromatic carbocycles. The van der Waals surface area contributed by atoms with E-state index in [1.54, 1.807) is 12.1 Å². The summed E-state index contributed by atoms with van der Waals surface area (Å²) in [7, 11) is 0. The lowest BCUT2D eigenvalue weighted by atomic mass is 9.84. The standard InChI is InChI=1S/C51H34N2/c1-4-16-35(17-5-1)39-32-40(36-18-6-2-7-19-36)34-41(33-39)50-45-24-12-10-22-43(45)49(44-23-11-13-25-46(44)50)37-28-30-42(31-29-37)53-48-27-15-14-26-47(48)52-51(53)38-20-8-3-9-21-38/h1-34H/i1D,2D,4D,5D,6D,7D,16D,17D,18D,19D. The molecule has 53 heavy (non-hydrogen) atoms. The number of para-hydroxylation sites is 2. The second-order valence-electron chi connectivity index (χ2n) is 12.8. The van der Waals surface area contributed by atoms with Crippen LogP contribution in [-0.4, -0.2) is 9.55 Å². The third-order valence-electron chi connectivity index (χ3n) is 9.74. The minimum atomic E-state index is -0.536. The summed E-state index contributed by atoms with van der Waals surface area (Å²) in [4.78, 5) is 5.02. The van der Waals surface area contributed by atoms with Gasteiger partial charge in [-0.25, -0.2) is 4.98 Å². The van der Waals surface area contributed by atoms with E-state index in [0.29, 0.717) is 5.56 Å². The number of imidazole rings is 1. The molecule has 0 radical (unpaired) electrons. The van der Waals surface area contributed by atoms with E-state index in [9.17, 15) is 0 Å². The van der Waals surface area contributed by atoms with E-state index < -0.39 is 60.4 Å². The number of benzene rings is 9. The van der Waals surface area contributed by atoms with E-state index in [0.717, 1.165) is 66.3 Å². The van der Waals surface area contributed by atoms with E-state index in [1.807, 2.05) is 72.8 Å². The highest BCUT2D eigenvalue weighted by Crippen LogP contribution is 2.45. The number of aromatic nitrogens is 2. The number of hydrogen-bond donors (Lipinski definition) is 0. The average molecular weight is 685 g/mol. The Balaban J connectivity index is 1.23. The minimum Gasteiger partial charge on any atom is -0.292 e. The lowest BCUT2D eigenvalue weighted by Crippen LogP contribution is -1.98. The molecular formula is C51H34N2. The Labute approximate surface area is 323 Å². The van der Waals surface area contributed by atoms with E-state index in [1.165, 1.54) is 6.07 Å². The van der Waals surface area contributed by atoms with Crippen LogP contribution in [0, 0.1) is 0 Å². The van der Waals surface area contributed by atoms with Gasteiger partial charge in [0.05, 0.1) is 24.7 Å². The Bertz CT molecular complexity index is 3310. The van der Waals surface area contributed by atoms with Crippen LogP contribution < -0.4 is 0 Å². The van der Waals surface area contributed by atoms with Crippen molar-refractivity contribution >= 4 is 32.6 Å². The lowest BCUT2D eigenvalue weighted by molar-refractivity contribution is 1.10. The molecule has 0 spiro atoms. The number of nitrogens with zero attached hydrogens (tertiary/aromatic N) is 2. The summed E-state index contributed by atoms with van der Waals surface area (Å²) in [6.45, 7) is 0. The molecule has 0 amide bonds. The Morgan fingerprint density at radius 2 is 0.849 bits per heavy atom. The summed E-state index contributed by atoms with van der Waals surface area (Å²) >= 11 is 0. The Kier molecular flexibility index (Phi) is 5.38. The van der Waals surface area contributed by atoms with Gasteiger partial charge >= 0.3 is 0 Å². The summed E-state index contributed by atoms with van der Waals surface area (Å²) in [6, 6.07) is 42.9. The van der Waals surface area contributed by atoms with Gasteiger partial charge in [-0.2, -0.15) is 0 Å². The molecule has 0 saturated carbocycles. The zero-order chi connectivity index (χ0) is 43.8. The van der Waals surface area contributed by atoms with Crippen molar-refractivity contribution in [2.24, 2.45) is 0 Å². The predicted molar refractivity (Wildman–Crippen MR) is 223 cm³/mol. The third-order valence-corrected chi connectivity index (χ3v) is 9.74. The van der Waals surface area contributed by atoms with E-state index in [4.69, 9.17) is 18.7 Å². The molecule has 10 rings (SSSR count). The van der Waals surface area contributed by atoms with Crippen LogP contribution >= 0.6 is 0 Å². The molecule has 248 valence electrons. The van der Waals surface area contributed by atoms with Gasteiger partial charge in [0.2, 0.25) is 0 Å². The van der Waals surface area contributed by atoms with Crippen molar-refractivity contribution in [3.8, 4) is 61.6 Å². The van der Waals surface area contributed by atoms with Gasteiger partial charge in [0.1, 0.15) is 5.82 Å². The fraction of sp³-hybridized carbons (Fsp3) is 0. The van der Waals surface area contributed by atoms with Gasteiger partial charge < -0.3 is 0 Å². The van der Waals surface area contributed by atoms with Crippen molar-refractivity contribution in [3.05, 3.63) is 206 Å². The van der Waals surface area contributed by atoms with Crippen molar-refractivity contribution in [1.82, 2.24) is 9.55 Å². The summed E-state index contributed by atoms with van der Waals surface area (Å²) < 4.78 is 88.3. The summed E-state index contributed by atoms with van der Waals surface area (Å²) in [5, 5.41) is 3.56. The van der Waals surface area contributed by atoms with E-state index in [2.05, 4.69) is 59.2 Å². The molecule has 1 heterocycles. The van der Waals surface area contributed by atoms with Crippen molar-refractivity contribution in [3.63, 3.8) is 0 Å². The maximum absolute atomic E-state index is 8.91. The van der Waals surface area contributed by atoms with Crippen LogP contribution in [0.4, 0.5) is 0 Å². The smallest absolute Gasteiger partial charge is 0.145 e. The molecule has 2 nitrogen and oxygen atoms in total. The van der Waals surface area contributed by atoms with Gasteiger partial charge in [0.25, 0.3) is 0 Å². The molecule has 0 unspecified atom stereocenters. The van der Waals surface area contributed by atoms with Crippen molar-refractivity contribution in [2.75, 3.05) is 0 Å². The topological polar surface area (TPSA) is 17.8 Å². The second-order valence-corrected chi connectivity index (χ2v) is 12.8. The first-order valence-corrected chi connectivity index (χ1v) is 17.3. The van der Waals surface area contributed by atoms with Crippen molar-refractivity contribution < 1.29 is 13.7 Å². The molecule has 0 bridgehead atoms. The quantitative estimate of drug-likeness (QED) is 0.159. The molecule has 0 atom stereocenters. The van der Waals surface area contributed by atoms with Crippen LogP contribution in [0.3, 0.4) is 0 Å². The fourth-order valence-electron chi connectivity index (χ4n) is 7.45. The SMILES string of the molecule is [2H]c1c([2H])c([2H])c(-c2cc(-c3c([2H])c([2H])c([2H])c([2H])c3[2H])cc(-c3c4ccccc4c(-c4ccc(-n5c(-c6ccccc6)nc6ccccc65)cc4)c4ccccc34)c2)c([2H])c1[2H]. The van der Waals surface area contributed by atoms with E-state index in [-0.39, 0.29) is 22.3 Å². The summed E-state index contributed by atoms with van der Waals surface area (Å²) in [5.74, 6) is 0.832. The molecule has 0 aliphatic heterocycles. The predicted octanol–water partition coefficient (Wildman–Crippen LogP) is 13.7. The van der Waals surface area contributed by atoms with Crippen molar-refractivity contribution in [2.45, 2.75) is 0 Å². The van der Waals surface area contributed by atoms with Crippen LogP contribution in [0.25, 0.3) is 94.2 Å². The summed E-state index contributed by atoms with van der Waals surface area (Å²) in [5.41, 5.74) is 7.44. The highest BCUT2D eigenvalue weighted by Gasteiger charge is 2.19. The Morgan fingerprint density at radius 3 is 1.42 bits per heavy atom. The van der Waals surface area contributed by atoms with Crippen LogP contribution in [0.2, 0.25) is 0 Å². The first-order valence-electron chi connectivity index (χ1n) is 22.3. The Hall–Kier alpha value is -7.03. The monoisotopic (exact) mass is 684 g/mol. The van der Waals surface area contributed by atoms with Crippen LogP contribution in [-0.2, 0) is 0 Å².